The van der Waals surface area contributed by atoms with Gasteiger partial charge in [0, 0.05) is 31.6 Å². The molecule has 0 aliphatic carbocycles. The highest BCUT2D eigenvalue weighted by molar-refractivity contribution is 6.07. The fraction of sp³-hybridized carbons (Fsp3) is 0.136. The molecule has 156 valence electrons. The molecule has 9 heteroatoms. The number of amides is 1. The van der Waals surface area contributed by atoms with Crippen LogP contribution in [0.15, 0.2) is 67.4 Å². The van der Waals surface area contributed by atoms with Crippen molar-refractivity contribution < 1.29 is 9.53 Å². The van der Waals surface area contributed by atoms with Crippen molar-refractivity contribution in [2.45, 2.75) is 6.61 Å². The van der Waals surface area contributed by atoms with Gasteiger partial charge >= 0.3 is 0 Å². The van der Waals surface area contributed by atoms with Gasteiger partial charge in [0.1, 0.15) is 6.33 Å². The van der Waals surface area contributed by atoms with Gasteiger partial charge in [-0.15, -0.1) is 0 Å². The van der Waals surface area contributed by atoms with E-state index in [4.69, 9.17) is 4.74 Å². The normalized spacial score (nSPS) is 10.6. The van der Waals surface area contributed by atoms with Gasteiger partial charge in [-0.2, -0.15) is 5.10 Å². The molecule has 3 aromatic heterocycles. The second-order valence-electron chi connectivity index (χ2n) is 6.79. The van der Waals surface area contributed by atoms with Crippen LogP contribution in [-0.4, -0.2) is 37.7 Å². The first-order valence-corrected chi connectivity index (χ1v) is 9.55. The van der Waals surface area contributed by atoms with Crippen molar-refractivity contribution in [1.82, 2.24) is 24.7 Å². The number of carbonyl (C=O) groups excluding carboxylic acids is 1. The fourth-order valence-electron chi connectivity index (χ4n) is 3.04. The largest absolute Gasteiger partial charge is 0.378 e. The number of ether oxygens (including phenoxy) is 1. The molecular weight excluding hydrogens is 394 g/mol. The van der Waals surface area contributed by atoms with Gasteiger partial charge in [-0.25, -0.2) is 15.0 Å². The number of nitrogens with one attached hydrogen (secondary N) is 2. The summed E-state index contributed by atoms with van der Waals surface area (Å²) in [5.74, 6) is -0.351. The van der Waals surface area contributed by atoms with Crippen LogP contribution in [0.2, 0.25) is 0 Å². The molecule has 0 radical (unpaired) electrons. The van der Waals surface area contributed by atoms with E-state index in [1.165, 1.54) is 6.33 Å². The molecule has 4 rings (SSSR count). The Morgan fingerprint density at radius 3 is 2.68 bits per heavy atom. The van der Waals surface area contributed by atoms with Crippen LogP contribution in [0.3, 0.4) is 0 Å². The molecule has 31 heavy (non-hydrogen) atoms. The monoisotopic (exact) mass is 415 g/mol. The predicted octanol–water partition coefficient (Wildman–Crippen LogP) is 3.41. The molecule has 0 fully saturated rings. The first-order valence-electron chi connectivity index (χ1n) is 9.55. The lowest BCUT2D eigenvalue weighted by Crippen LogP contribution is -2.17. The minimum Gasteiger partial charge on any atom is -0.378 e. The zero-order valence-corrected chi connectivity index (χ0v) is 17.1. The Morgan fingerprint density at radius 1 is 1.10 bits per heavy atom. The lowest BCUT2D eigenvalue weighted by Gasteiger charge is -2.13. The lowest BCUT2D eigenvalue weighted by atomic mass is 10.1. The van der Waals surface area contributed by atoms with Crippen LogP contribution in [-0.2, 0) is 18.4 Å². The molecule has 1 aromatic carbocycles. The fourth-order valence-corrected chi connectivity index (χ4v) is 3.04. The zero-order chi connectivity index (χ0) is 21.6. The molecule has 0 saturated carbocycles. The highest BCUT2D eigenvalue weighted by Crippen LogP contribution is 2.24. The van der Waals surface area contributed by atoms with Crippen LogP contribution in [0.25, 0.3) is 11.3 Å². The molecule has 0 spiro atoms. The number of hydrogen-bond acceptors (Lipinski definition) is 7. The van der Waals surface area contributed by atoms with Crippen LogP contribution in [0, 0.1) is 0 Å². The summed E-state index contributed by atoms with van der Waals surface area (Å²) in [6, 6.07) is 13.0. The van der Waals surface area contributed by atoms with E-state index in [2.05, 4.69) is 30.7 Å². The first-order chi connectivity index (χ1) is 15.1. The maximum Gasteiger partial charge on any atom is 0.276 e. The second kappa shape index (κ2) is 9.14. The number of nitrogens with zero attached hydrogens (tertiary/aromatic N) is 5. The van der Waals surface area contributed by atoms with E-state index in [9.17, 15) is 4.79 Å². The molecule has 3 heterocycles. The second-order valence-corrected chi connectivity index (χ2v) is 6.79. The Bertz CT molecular complexity index is 1190. The number of methoxy groups -OCH3 is 1. The standard InChI is InChI=1S/C22H21N7O2/c1-29-9-8-19(28-29)15-4-3-5-16(10-15)27-22(30)21-20(7-6-17(26-21)13-31-2)25-18-11-23-14-24-12-18/h3-12,14,25H,13H2,1-2H3,(H,27,30). The van der Waals surface area contributed by atoms with Crippen LogP contribution in [0.4, 0.5) is 17.1 Å². The molecule has 0 saturated heterocycles. The molecule has 0 atom stereocenters. The average molecular weight is 415 g/mol. The lowest BCUT2D eigenvalue weighted by molar-refractivity contribution is 0.102. The predicted molar refractivity (Wildman–Crippen MR) is 117 cm³/mol. The Hall–Kier alpha value is -4.11. The average Bonchev–Trinajstić information content (AvgIpc) is 3.22. The maximum absolute atomic E-state index is 13.1. The number of rotatable bonds is 7. The van der Waals surface area contributed by atoms with Crippen molar-refractivity contribution in [2.75, 3.05) is 17.7 Å². The van der Waals surface area contributed by atoms with Crippen LogP contribution >= 0.6 is 0 Å². The van der Waals surface area contributed by atoms with Gasteiger partial charge in [0.25, 0.3) is 5.91 Å². The van der Waals surface area contributed by atoms with E-state index in [1.807, 2.05) is 43.6 Å². The smallest absolute Gasteiger partial charge is 0.276 e. The number of carbonyl (C=O) groups is 1. The van der Waals surface area contributed by atoms with E-state index < -0.39 is 0 Å². The molecule has 4 aromatic rings. The summed E-state index contributed by atoms with van der Waals surface area (Å²) in [4.78, 5) is 25.6. The number of aromatic nitrogens is 5. The Labute approximate surface area is 179 Å². The summed E-state index contributed by atoms with van der Waals surface area (Å²) in [6.07, 6.45) is 6.55. The summed E-state index contributed by atoms with van der Waals surface area (Å²) in [5, 5.41) is 10.5. The van der Waals surface area contributed by atoms with Crippen molar-refractivity contribution in [3.63, 3.8) is 0 Å². The van der Waals surface area contributed by atoms with Gasteiger partial charge in [-0.3, -0.25) is 9.48 Å². The van der Waals surface area contributed by atoms with Crippen molar-refractivity contribution in [3.8, 4) is 11.3 Å². The van der Waals surface area contributed by atoms with E-state index in [0.717, 1.165) is 11.3 Å². The third-order valence-corrected chi connectivity index (χ3v) is 4.43. The van der Waals surface area contributed by atoms with E-state index in [0.29, 0.717) is 29.4 Å². The molecule has 1 amide bonds. The van der Waals surface area contributed by atoms with Crippen LogP contribution < -0.4 is 10.6 Å². The highest BCUT2D eigenvalue weighted by atomic mass is 16.5. The molecule has 2 N–H and O–H groups in total. The minimum atomic E-state index is -0.351. The van der Waals surface area contributed by atoms with Gasteiger partial charge < -0.3 is 15.4 Å². The number of anilines is 3. The summed E-state index contributed by atoms with van der Waals surface area (Å²) in [5.41, 5.74) is 4.43. The van der Waals surface area contributed by atoms with Crippen molar-refractivity contribution in [1.29, 1.82) is 0 Å². The van der Waals surface area contributed by atoms with Crippen LogP contribution in [0.5, 0.6) is 0 Å². The number of pyridine rings is 1. The van der Waals surface area contributed by atoms with Gasteiger partial charge in [0.05, 0.1) is 41.8 Å². The SMILES string of the molecule is COCc1ccc(Nc2cncnc2)c(C(=O)Nc2cccc(-c3ccn(C)n3)c2)n1. The van der Waals surface area contributed by atoms with Gasteiger partial charge in [0.2, 0.25) is 0 Å². The molecular formula is C22H21N7O2. The van der Waals surface area contributed by atoms with E-state index in [-0.39, 0.29) is 11.6 Å². The van der Waals surface area contributed by atoms with Crippen molar-refractivity contribution >= 4 is 23.0 Å². The van der Waals surface area contributed by atoms with Gasteiger partial charge in [0.15, 0.2) is 5.69 Å². The third kappa shape index (κ3) is 4.90. The number of aryl methyl sites for hydroxylation is 1. The Balaban J connectivity index is 1.61. The highest BCUT2D eigenvalue weighted by Gasteiger charge is 2.16. The Morgan fingerprint density at radius 2 is 1.94 bits per heavy atom. The molecule has 0 aliphatic heterocycles. The first kappa shape index (κ1) is 20.2. The summed E-state index contributed by atoms with van der Waals surface area (Å²) < 4.78 is 6.90. The van der Waals surface area contributed by atoms with Crippen molar-refractivity contribution in [2.24, 2.45) is 7.05 Å². The van der Waals surface area contributed by atoms with E-state index in [1.54, 1.807) is 36.3 Å². The van der Waals surface area contributed by atoms with Gasteiger partial charge in [-0.1, -0.05) is 12.1 Å². The summed E-state index contributed by atoms with van der Waals surface area (Å²) in [6.45, 7) is 0.296. The molecule has 0 bridgehead atoms. The topological polar surface area (TPSA) is 107 Å². The number of hydrogen-bond donors (Lipinski definition) is 2. The Kier molecular flexibility index (Phi) is 5.95. The third-order valence-electron chi connectivity index (χ3n) is 4.43. The van der Waals surface area contributed by atoms with Crippen molar-refractivity contribution in [3.05, 3.63) is 78.8 Å². The maximum atomic E-state index is 13.1. The molecule has 0 unspecified atom stereocenters. The summed E-state index contributed by atoms with van der Waals surface area (Å²) >= 11 is 0. The summed E-state index contributed by atoms with van der Waals surface area (Å²) in [7, 11) is 3.44. The molecule has 0 aliphatic rings. The van der Waals surface area contributed by atoms with Crippen LogP contribution in [0.1, 0.15) is 16.2 Å². The quantitative estimate of drug-likeness (QED) is 0.476. The molecule has 9 nitrogen and oxygen atoms in total. The van der Waals surface area contributed by atoms with E-state index >= 15 is 0 Å². The zero-order valence-electron chi connectivity index (χ0n) is 17.1. The van der Waals surface area contributed by atoms with Gasteiger partial charge in [-0.05, 0) is 30.3 Å². The number of benzene rings is 1. The minimum absolute atomic E-state index is 0.238.